The summed E-state index contributed by atoms with van der Waals surface area (Å²) in [5, 5.41) is 0. The van der Waals surface area contributed by atoms with Crippen LogP contribution in [0.3, 0.4) is 0 Å². The maximum atomic E-state index is 12.5. The number of hydrogen-bond acceptors (Lipinski definition) is 4. The Balaban J connectivity index is 1.35. The third-order valence-corrected chi connectivity index (χ3v) is 4.63. The molecule has 0 aliphatic heterocycles. The van der Waals surface area contributed by atoms with Gasteiger partial charge in [-0.2, -0.15) is 0 Å². The van der Waals surface area contributed by atoms with Gasteiger partial charge in [0, 0.05) is 11.1 Å². The average Bonchev–Trinajstić information content (AvgIpc) is 2.81. The van der Waals surface area contributed by atoms with Gasteiger partial charge in [-0.1, -0.05) is 36.4 Å². The van der Waals surface area contributed by atoms with Crippen molar-refractivity contribution in [2.75, 3.05) is 0 Å². The summed E-state index contributed by atoms with van der Waals surface area (Å²) in [5.74, 6) is 2.22. The summed E-state index contributed by atoms with van der Waals surface area (Å²) >= 11 is 0. The second-order valence-corrected chi connectivity index (χ2v) is 6.90. The van der Waals surface area contributed by atoms with Crippen LogP contribution in [0, 0.1) is 0 Å². The van der Waals surface area contributed by atoms with Gasteiger partial charge in [-0.25, -0.2) is 0 Å². The van der Waals surface area contributed by atoms with Gasteiger partial charge in [0.1, 0.15) is 23.0 Å². The number of carbonyl (C=O) groups is 2. The molecule has 152 valence electrons. The van der Waals surface area contributed by atoms with Gasteiger partial charge in [-0.15, -0.1) is 0 Å². The smallest absolute Gasteiger partial charge is 0.170 e. The number of ether oxygens (including phenoxy) is 2. The molecule has 0 amide bonds. The van der Waals surface area contributed by atoms with E-state index < -0.39 is 0 Å². The minimum absolute atomic E-state index is 0.197. The second-order valence-electron chi connectivity index (χ2n) is 6.90. The van der Waals surface area contributed by atoms with Crippen molar-refractivity contribution in [1.29, 1.82) is 0 Å². The lowest BCUT2D eigenvalue weighted by Crippen LogP contribution is -2.08. The number of ketones is 2. The van der Waals surface area contributed by atoms with Crippen molar-refractivity contribution in [2.24, 2.45) is 0 Å². The van der Waals surface area contributed by atoms with Crippen LogP contribution in [0.4, 0.5) is 0 Å². The lowest BCUT2D eigenvalue weighted by atomic mass is 10.0. The van der Waals surface area contributed by atoms with Gasteiger partial charge < -0.3 is 9.47 Å². The molecule has 0 heterocycles. The van der Waals surface area contributed by atoms with E-state index in [9.17, 15) is 9.59 Å². The monoisotopic (exact) mass is 408 g/mol. The van der Waals surface area contributed by atoms with Crippen molar-refractivity contribution >= 4 is 11.6 Å². The summed E-state index contributed by atoms with van der Waals surface area (Å²) < 4.78 is 11.5. The van der Waals surface area contributed by atoms with E-state index in [-0.39, 0.29) is 18.0 Å². The van der Waals surface area contributed by atoms with E-state index in [1.165, 1.54) is 0 Å². The van der Waals surface area contributed by atoms with Crippen LogP contribution in [-0.4, -0.2) is 11.6 Å². The molecule has 0 unspecified atom stereocenters. The Kier molecular flexibility index (Phi) is 6.19. The van der Waals surface area contributed by atoms with Crippen LogP contribution in [0.2, 0.25) is 0 Å². The summed E-state index contributed by atoms with van der Waals surface area (Å²) in [6.07, 6.45) is -0.197. The molecule has 0 N–H and O–H groups in total. The van der Waals surface area contributed by atoms with Gasteiger partial charge in [0.2, 0.25) is 0 Å². The minimum atomic E-state index is -0.235. The Morgan fingerprint density at radius 2 is 0.774 bits per heavy atom. The van der Waals surface area contributed by atoms with Gasteiger partial charge in [0.15, 0.2) is 11.6 Å². The standard InChI is InChI=1S/C27H20O4/c28-26(20-11-15-24(16-12-20)30-22-7-3-1-4-8-22)19-27(29)21-13-17-25(18-14-21)31-23-9-5-2-6-10-23/h1-18H,19H2. The first-order chi connectivity index (χ1) is 15.2. The summed E-state index contributed by atoms with van der Waals surface area (Å²) in [4.78, 5) is 25.0. The van der Waals surface area contributed by atoms with Gasteiger partial charge >= 0.3 is 0 Å². The molecule has 0 bridgehead atoms. The Bertz CT molecular complexity index is 1050. The lowest BCUT2D eigenvalue weighted by molar-refractivity contribution is 0.0894. The second kappa shape index (κ2) is 9.55. The molecular weight excluding hydrogens is 388 g/mol. The van der Waals surface area contributed by atoms with Crippen molar-refractivity contribution in [3.05, 3.63) is 120 Å². The average molecular weight is 408 g/mol. The van der Waals surface area contributed by atoms with Gasteiger partial charge in [-0.3, -0.25) is 9.59 Å². The fourth-order valence-corrected chi connectivity index (χ4v) is 3.02. The third-order valence-electron chi connectivity index (χ3n) is 4.63. The fourth-order valence-electron chi connectivity index (χ4n) is 3.02. The highest BCUT2D eigenvalue weighted by Crippen LogP contribution is 2.23. The molecular formula is C27H20O4. The molecule has 0 radical (unpaired) electrons. The summed E-state index contributed by atoms with van der Waals surface area (Å²) in [7, 11) is 0. The fraction of sp³-hybridized carbons (Fsp3) is 0.0370. The number of carbonyl (C=O) groups excluding carboxylic acids is 2. The van der Waals surface area contributed by atoms with Gasteiger partial charge in [-0.05, 0) is 72.8 Å². The van der Waals surface area contributed by atoms with Crippen LogP contribution in [0.25, 0.3) is 0 Å². The zero-order valence-corrected chi connectivity index (χ0v) is 16.7. The maximum absolute atomic E-state index is 12.5. The molecule has 31 heavy (non-hydrogen) atoms. The maximum Gasteiger partial charge on any atom is 0.170 e. The molecule has 0 atom stereocenters. The van der Waals surface area contributed by atoms with Crippen LogP contribution in [-0.2, 0) is 0 Å². The Labute approximate surface area is 180 Å². The van der Waals surface area contributed by atoms with E-state index >= 15 is 0 Å². The molecule has 4 rings (SSSR count). The number of Topliss-reactive ketones (excluding diaryl/α,β-unsaturated/α-hetero) is 2. The Hall–Kier alpha value is -4.18. The summed E-state index contributed by atoms with van der Waals surface area (Å²) in [6, 6.07) is 32.4. The largest absolute Gasteiger partial charge is 0.457 e. The molecule has 0 aliphatic carbocycles. The first-order valence-corrected chi connectivity index (χ1v) is 9.90. The van der Waals surface area contributed by atoms with Crippen molar-refractivity contribution in [2.45, 2.75) is 6.42 Å². The van der Waals surface area contributed by atoms with E-state index in [1.54, 1.807) is 48.5 Å². The molecule has 4 aromatic rings. The quantitative estimate of drug-likeness (QED) is 0.240. The SMILES string of the molecule is O=C(CC(=O)c1ccc(Oc2ccccc2)cc1)c1ccc(Oc2ccccc2)cc1. The van der Waals surface area contributed by atoms with Crippen LogP contribution in [0.15, 0.2) is 109 Å². The van der Waals surface area contributed by atoms with E-state index in [1.807, 2.05) is 60.7 Å². The zero-order valence-electron chi connectivity index (χ0n) is 16.7. The van der Waals surface area contributed by atoms with Crippen LogP contribution in [0.1, 0.15) is 27.1 Å². The third kappa shape index (κ3) is 5.46. The topological polar surface area (TPSA) is 52.6 Å². The predicted octanol–water partition coefficient (Wildman–Crippen LogP) is 6.73. The van der Waals surface area contributed by atoms with Crippen LogP contribution >= 0.6 is 0 Å². The van der Waals surface area contributed by atoms with E-state index in [2.05, 4.69) is 0 Å². The molecule has 4 nitrogen and oxygen atoms in total. The lowest BCUT2D eigenvalue weighted by Gasteiger charge is -2.07. The van der Waals surface area contributed by atoms with Crippen molar-refractivity contribution in [3.63, 3.8) is 0 Å². The highest BCUT2D eigenvalue weighted by atomic mass is 16.5. The number of para-hydroxylation sites is 2. The molecule has 0 saturated carbocycles. The molecule has 0 fully saturated rings. The summed E-state index contributed by atoms with van der Waals surface area (Å²) in [6.45, 7) is 0. The first kappa shape index (κ1) is 20.1. The van der Waals surface area contributed by atoms with Crippen LogP contribution < -0.4 is 9.47 Å². The number of rotatable bonds is 8. The van der Waals surface area contributed by atoms with Crippen molar-refractivity contribution < 1.29 is 19.1 Å². The number of hydrogen-bond donors (Lipinski definition) is 0. The van der Waals surface area contributed by atoms with Crippen LogP contribution in [0.5, 0.6) is 23.0 Å². The van der Waals surface area contributed by atoms with Crippen molar-refractivity contribution in [1.82, 2.24) is 0 Å². The zero-order chi connectivity index (χ0) is 21.5. The molecule has 4 aromatic carbocycles. The Morgan fingerprint density at radius 3 is 1.13 bits per heavy atom. The molecule has 0 aliphatic rings. The van der Waals surface area contributed by atoms with Crippen molar-refractivity contribution in [3.8, 4) is 23.0 Å². The highest BCUT2D eigenvalue weighted by molar-refractivity contribution is 6.13. The number of benzene rings is 4. The predicted molar refractivity (Wildman–Crippen MR) is 119 cm³/mol. The first-order valence-electron chi connectivity index (χ1n) is 9.90. The molecule has 4 heteroatoms. The minimum Gasteiger partial charge on any atom is -0.457 e. The van der Waals surface area contributed by atoms with E-state index in [4.69, 9.17) is 9.47 Å². The highest BCUT2D eigenvalue weighted by Gasteiger charge is 2.14. The van der Waals surface area contributed by atoms with Gasteiger partial charge in [0.25, 0.3) is 0 Å². The molecule has 0 aromatic heterocycles. The van der Waals surface area contributed by atoms with E-state index in [0.29, 0.717) is 22.6 Å². The van der Waals surface area contributed by atoms with E-state index in [0.717, 1.165) is 11.5 Å². The summed E-state index contributed by atoms with van der Waals surface area (Å²) in [5.41, 5.74) is 0.940. The molecule has 0 spiro atoms. The van der Waals surface area contributed by atoms with Gasteiger partial charge in [0.05, 0.1) is 6.42 Å². The molecule has 0 saturated heterocycles. The Morgan fingerprint density at radius 1 is 0.452 bits per heavy atom. The normalized spacial score (nSPS) is 10.3.